The minimum absolute atomic E-state index is 0.0934. The minimum atomic E-state index is -4.53. The molecule has 1 aromatic carbocycles. The number of ether oxygens (including phenoxy) is 1. The van der Waals surface area contributed by atoms with Crippen LogP contribution < -0.4 is 10.3 Å². The maximum Gasteiger partial charge on any atom is 0.422 e. The molecule has 7 nitrogen and oxygen atoms in total. The minimum Gasteiger partial charge on any atom is -0.484 e. The highest BCUT2D eigenvalue weighted by Crippen LogP contribution is 2.24. The molecule has 0 amide bonds. The van der Waals surface area contributed by atoms with Gasteiger partial charge in [-0.25, -0.2) is 4.98 Å². The van der Waals surface area contributed by atoms with Crippen LogP contribution in [0.3, 0.4) is 0 Å². The fourth-order valence-electron chi connectivity index (χ4n) is 2.59. The van der Waals surface area contributed by atoms with E-state index in [1.807, 2.05) is 0 Å². The number of halogens is 6. The summed E-state index contributed by atoms with van der Waals surface area (Å²) in [7, 11) is 0. The number of rotatable bonds is 6. The normalized spacial score (nSPS) is 12.2. The Morgan fingerprint density at radius 3 is 2.26 bits per heavy atom. The van der Waals surface area contributed by atoms with Crippen LogP contribution in [0.15, 0.2) is 39.5 Å². The molecule has 0 atom stereocenters. The van der Waals surface area contributed by atoms with Crippen LogP contribution in [-0.2, 0) is 6.42 Å². The van der Waals surface area contributed by atoms with Crippen molar-refractivity contribution in [3.63, 3.8) is 0 Å². The first-order valence-corrected chi connectivity index (χ1v) is 8.71. The number of alkyl halides is 6. The van der Waals surface area contributed by atoms with E-state index in [1.54, 1.807) is 0 Å². The third-order valence-electron chi connectivity index (χ3n) is 3.86. The van der Waals surface area contributed by atoms with Crippen LogP contribution in [0.5, 0.6) is 5.75 Å². The largest absolute Gasteiger partial charge is 0.484 e. The van der Waals surface area contributed by atoms with Crippen molar-refractivity contribution >= 4 is 0 Å². The van der Waals surface area contributed by atoms with Crippen molar-refractivity contribution in [3.05, 3.63) is 52.4 Å². The van der Waals surface area contributed by atoms with Gasteiger partial charge in [-0.05, 0) is 24.3 Å². The van der Waals surface area contributed by atoms with Gasteiger partial charge in [-0.2, -0.15) is 26.3 Å². The zero-order chi connectivity index (χ0) is 22.8. The summed E-state index contributed by atoms with van der Waals surface area (Å²) in [5.74, 6) is -0.324. The summed E-state index contributed by atoms with van der Waals surface area (Å²) in [6.07, 6.45) is -10.9. The number of hydrogen-bond acceptors (Lipinski definition) is 6. The number of aromatic nitrogens is 4. The maximum atomic E-state index is 12.8. The second-order valence-electron chi connectivity index (χ2n) is 6.37. The van der Waals surface area contributed by atoms with E-state index in [9.17, 15) is 31.1 Å². The average Bonchev–Trinajstić information content (AvgIpc) is 3.10. The molecule has 0 bridgehead atoms. The van der Waals surface area contributed by atoms with Crippen molar-refractivity contribution in [2.24, 2.45) is 0 Å². The van der Waals surface area contributed by atoms with E-state index in [1.165, 1.54) is 19.1 Å². The molecule has 0 radical (unpaired) electrons. The number of hydrogen-bond donors (Lipinski definition) is 0. The summed E-state index contributed by atoms with van der Waals surface area (Å²) in [6, 6.07) is 5.82. The quantitative estimate of drug-likeness (QED) is 0.530. The number of aryl methyl sites for hydroxylation is 2. The molecule has 0 spiro atoms. The first-order valence-electron chi connectivity index (χ1n) is 8.71. The Bertz CT molecular complexity index is 1100. The average molecular weight is 448 g/mol. The van der Waals surface area contributed by atoms with Crippen molar-refractivity contribution in [1.82, 2.24) is 19.7 Å². The molecule has 0 aliphatic rings. The molecule has 0 aliphatic heterocycles. The molecule has 0 unspecified atom stereocenters. The summed E-state index contributed by atoms with van der Waals surface area (Å²) >= 11 is 0. The zero-order valence-corrected chi connectivity index (χ0v) is 15.8. The number of benzene rings is 1. The Hall–Kier alpha value is -3.38. The predicted molar refractivity (Wildman–Crippen MR) is 93.8 cm³/mol. The lowest BCUT2D eigenvalue weighted by atomic mass is 10.2. The fourth-order valence-corrected chi connectivity index (χ4v) is 2.59. The van der Waals surface area contributed by atoms with Crippen LogP contribution in [-0.4, -0.2) is 38.7 Å². The summed E-state index contributed by atoms with van der Waals surface area (Å²) < 4.78 is 85.8. The highest BCUT2D eigenvalue weighted by atomic mass is 19.4. The van der Waals surface area contributed by atoms with Crippen molar-refractivity contribution in [2.75, 3.05) is 6.61 Å². The molecule has 3 rings (SSSR count). The Kier molecular flexibility index (Phi) is 6.04. The summed E-state index contributed by atoms with van der Waals surface area (Å²) in [6.45, 7) is -0.0202. The fraction of sp³-hybridized carbons (Fsp3) is 0.333. The Morgan fingerprint density at radius 1 is 1.03 bits per heavy atom. The zero-order valence-electron chi connectivity index (χ0n) is 15.8. The van der Waals surface area contributed by atoms with Crippen molar-refractivity contribution in [1.29, 1.82) is 0 Å². The number of nitrogens with zero attached hydrogens (tertiary/aromatic N) is 4. The summed E-state index contributed by atoms with van der Waals surface area (Å²) in [5.41, 5.74) is -0.728. The van der Waals surface area contributed by atoms with Crippen LogP contribution in [0.2, 0.25) is 0 Å². The van der Waals surface area contributed by atoms with E-state index in [2.05, 4.69) is 19.9 Å². The van der Waals surface area contributed by atoms with E-state index in [0.29, 0.717) is 0 Å². The second-order valence-corrected chi connectivity index (χ2v) is 6.37. The van der Waals surface area contributed by atoms with Gasteiger partial charge >= 0.3 is 12.4 Å². The van der Waals surface area contributed by atoms with Crippen LogP contribution in [0.4, 0.5) is 26.3 Å². The first kappa shape index (κ1) is 22.3. The molecule has 166 valence electrons. The molecule has 31 heavy (non-hydrogen) atoms. The molecule has 2 aromatic heterocycles. The van der Waals surface area contributed by atoms with Gasteiger partial charge in [0.1, 0.15) is 17.3 Å². The van der Waals surface area contributed by atoms with Gasteiger partial charge in [0.05, 0.1) is 12.1 Å². The molecule has 0 saturated carbocycles. The van der Waals surface area contributed by atoms with Gasteiger partial charge in [0.2, 0.25) is 5.89 Å². The van der Waals surface area contributed by atoms with Gasteiger partial charge in [0.15, 0.2) is 6.61 Å². The lowest BCUT2D eigenvalue weighted by Crippen LogP contribution is -2.25. The highest BCUT2D eigenvalue weighted by molar-refractivity contribution is 5.47. The summed E-state index contributed by atoms with van der Waals surface area (Å²) in [5, 5.41) is 7.30. The van der Waals surface area contributed by atoms with Crippen molar-refractivity contribution in [3.8, 4) is 23.0 Å². The molecule has 0 aliphatic carbocycles. The molecule has 0 N–H and O–H groups in total. The smallest absolute Gasteiger partial charge is 0.422 e. The second kappa shape index (κ2) is 8.40. The van der Waals surface area contributed by atoms with Crippen LogP contribution in [0.1, 0.15) is 18.1 Å². The van der Waals surface area contributed by atoms with Gasteiger partial charge < -0.3 is 9.15 Å². The van der Waals surface area contributed by atoms with Gasteiger partial charge in [0, 0.05) is 19.4 Å². The van der Waals surface area contributed by atoms with Gasteiger partial charge in [-0.3, -0.25) is 9.36 Å². The highest BCUT2D eigenvalue weighted by Gasteiger charge is 2.29. The predicted octanol–water partition coefficient (Wildman–Crippen LogP) is 4.03. The van der Waals surface area contributed by atoms with E-state index in [0.717, 1.165) is 22.8 Å². The van der Waals surface area contributed by atoms with Crippen molar-refractivity contribution in [2.45, 2.75) is 32.1 Å². The Labute approximate surface area is 170 Å². The standard InChI is InChI=1S/C18H14F6N4O3/c1-10-26-27-16(31-10)13-8-15(29)28(14(25-13)6-7-17(19,20)21)11-2-4-12(5-3-11)30-9-18(22,23)24/h2-5,8H,6-7,9H2,1H3. The molecular formula is C18H14F6N4O3. The lowest BCUT2D eigenvalue weighted by Gasteiger charge is -2.15. The Balaban J connectivity index is 1.98. The van der Waals surface area contributed by atoms with Crippen LogP contribution in [0.25, 0.3) is 17.3 Å². The Morgan fingerprint density at radius 2 is 1.71 bits per heavy atom. The SMILES string of the molecule is Cc1nnc(-c2cc(=O)n(-c3ccc(OCC(F)(F)F)cc3)c(CCC(F)(F)F)n2)o1. The topological polar surface area (TPSA) is 83.0 Å². The van der Waals surface area contributed by atoms with Crippen molar-refractivity contribution < 1.29 is 35.5 Å². The van der Waals surface area contributed by atoms with E-state index >= 15 is 0 Å². The van der Waals surface area contributed by atoms with Crippen LogP contribution >= 0.6 is 0 Å². The first-order chi connectivity index (χ1) is 14.4. The third kappa shape index (κ3) is 6.06. The molecule has 13 heteroatoms. The monoisotopic (exact) mass is 448 g/mol. The van der Waals surface area contributed by atoms with E-state index < -0.39 is 37.4 Å². The third-order valence-corrected chi connectivity index (χ3v) is 3.86. The van der Waals surface area contributed by atoms with Gasteiger partial charge in [-0.1, -0.05) is 0 Å². The molecule has 0 fully saturated rings. The van der Waals surface area contributed by atoms with Gasteiger partial charge in [-0.15, -0.1) is 10.2 Å². The maximum absolute atomic E-state index is 12.8. The molecular weight excluding hydrogens is 434 g/mol. The molecule has 2 heterocycles. The molecule has 0 saturated heterocycles. The van der Waals surface area contributed by atoms with Gasteiger partial charge in [0.25, 0.3) is 11.4 Å². The van der Waals surface area contributed by atoms with E-state index in [-0.39, 0.29) is 34.7 Å². The van der Waals surface area contributed by atoms with E-state index in [4.69, 9.17) is 4.42 Å². The summed E-state index contributed by atoms with van der Waals surface area (Å²) in [4.78, 5) is 16.8. The lowest BCUT2D eigenvalue weighted by molar-refractivity contribution is -0.153. The molecule has 3 aromatic rings. The van der Waals surface area contributed by atoms with Crippen LogP contribution in [0, 0.1) is 6.92 Å².